The van der Waals surface area contributed by atoms with Crippen LogP contribution in [0.15, 0.2) is 43.1 Å². The molecule has 22 heavy (non-hydrogen) atoms. The second-order valence-corrected chi connectivity index (χ2v) is 5.29. The number of pyridine rings is 1. The first-order chi connectivity index (χ1) is 10.8. The van der Waals surface area contributed by atoms with Crippen molar-refractivity contribution in [2.24, 2.45) is 0 Å². The average molecular weight is 298 g/mol. The Morgan fingerprint density at radius 1 is 1.27 bits per heavy atom. The van der Waals surface area contributed by atoms with Gasteiger partial charge in [-0.3, -0.25) is 19.7 Å². The highest BCUT2D eigenvalue weighted by Gasteiger charge is 2.25. The van der Waals surface area contributed by atoms with Crippen LogP contribution in [0.25, 0.3) is 0 Å². The largest absolute Gasteiger partial charge is 0.482 e. The van der Waals surface area contributed by atoms with Crippen molar-refractivity contribution < 1.29 is 9.53 Å². The summed E-state index contributed by atoms with van der Waals surface area (Å²) in [5, 5.41) is 0. The molecule has 1 atom stereocenters. The van der Waals surface area contributed by atoms with Crippen LogP contribution in [0.2, 0.25) is 0 Å². The second kappa shape index (κ2) is 6.98. The molecule has 0 unspecified atom stereocenters. The summed E-state index contributed by atoms with van der Waals surface area (Å²) in [6, 6.07) is 3.57. The van der Waals surface area contributed by atoms with Crippen LogP contribution >= 0.6 is 0 Å². The molecular formula is C16H18N4O2. The van der Waals surface area contributed by atoms with E-state index >= 15 is 0 Å². The highest BCUT2D eigenvalue weighted by Crippen LogP contribution is 2.24. The van der Waals surface area contributed by atoms with Gasteiger partial charge in [-0.05, 0) is 25.0 Å². The molecule has 1 aliphatic heterocycles. The third-order valence-corrected chi connectivity index (χ3v) is 3.77. The van der Waals surface area contributed by atoms with Gasteiger partial charge in [-0.15, -0.1) is 0 Å². The molecule has 0 saturated carbocycles. The Kier molecular flexibility index (Phi) is 4.58. The van der Waals surface area contributed by atoms with E-state index in [1.165, 1.54) is 0 Å². The lowest BCUT2D eigenvalue weighted by atomic mass is 9.95. The number of hydrogen-bond acceptors (Lipinski definition) is 5. The van der Waals surface area contributed by atoms with Crippen molar-refractivity contribution in [1.29, 1.82) is 0 Å². The van der Waals surface area contributed by atoms with Gasteiger partial charge in [-0.1, -0.05) is 0 Å². The SMILES string of the molecule is O=C(COc1cccnc1)N1CCC[C@H](c2cnccn2)C1. The number of carbonyl (C=O) groups excluding carboxylic acids is 1. The monoisotopic (exact) mass is 298 g/mol. The van der Waals surface area contributed by atoms with Gasteiger partial charge >= 0.3 is 0 Å². The molecule has 0 N–H and O–H groups in total. The molecule has 114 valence electrons. The van der Waals surface area contributed by atoms with Gasteiger partial charge in [-0.2, -0.15) is 0 Å². The van der Waals surface area contributed by atoms with Gasteiger partial charge in [0.1, 0.15) is 5.75 Å². The number of nitrogens with zero attached hydrogens (tertiary/aromatic N) is 4. The maximum absolute atomic E-state index is 12.3. The van der Waals surface area contributed by atoms with Crippen LogP contribution in [0.5, 0.6) is 5.75 Å². The van der Waals surface area contributed by atoms with E-state index < -0.39 is 0 Å². The van der Waals surface area contributed by atoms with Crippen molar-refractivity contribution in [3.05, 3.63) is 48.8 Å². The molecule has 0 radical (unpaired) electrons. The zero-order valence-electron chi connectivity index (χ0n) is 12.3. The Balaban J connectivity index is 1.56. The number of carbonyl (C=O) groups is 1. The van der Waals surface area contributed by atoms with Gasteiger partial charge in [0.2, 0.25) is 0 Å². The van der Waals surface area contributed by atoms with E-state index in [9.17, 15) is 4.79 Å². The molecule has 6 heteroatoms. The Labute approximate surface area is 129 Å². The summed E-state index contributed by atoms with van der Waals surface area (Å²) in [6.07, 6.45) is 10.4. The minimum atomic E-state index is -0.00237. The van der Waals surface area contributed by atoms with E-state index in [1.807, 2.05) is 4.90 Å². The molecule has 6 nitrogen and oxygen atoms in total. The highest BCUT2D eigenvalue weighted by molar-refractivity contribution is 5.78. The average Bonchev–Trinajstić information content (AvgIpc) is 2.61. The smallest absolute Gasteiger partial charge is 0.260 e. The lowest BCUT2D eigenvalue weighted by molar-refractivity contribution is -0.134. The Bertz CT molecular complexity index is 606. The van der Waals surface area contributed by atoms with E-state index in [4.69, 9.17) is 4.74 Å². The Hall–Kier alpha value is -2.50. The van der Waals surface area contributed by atoms with Gasteiger partial charge in [0.05, 0.1) is 11.9 Å². The number of likely N-dealkylation sites (tertiary alicyclic amines) is 1. The first-order valence-corrected chi connectivity index (χ1v) is 7.39. The number of aromatic nitrogens is 3. The number of piperidine rings is 1. The van der Waals surface area contributed by atoms with E-state index in [-0.39, 0.29) is 18.4 Å². The first kappa shape index (κ1) is 14.4. The quantitative estimate of drug-likeness (QED) is 0.858. The molecular weight excluding hydrogens is 280 g/mol. The molecule has 3 heterocycles. The lowest BCUT2D eigenvalue weighted by Crippen LogP contribution is -2.41. The fourth-order valence-corrected chi connectivity index (χ4v) is 2.64. The van der Waals surface area contributed by atoms with E-state index in [1.54, 1.807) is 43.1 Å². The molecule has 0 aliphatic carbocycles. The van der Waals surface area contributed by atoms with Gasteiger partial charge in [0.15, 0.2) is 6.61 Å². The fourth-order valence-electron chi connectivity index (χ4n) is 2.64. The minimum Gasteiger partial charge on any atom is -0.482 e. The summed E-state index contributed by atoms with van der Waals surface area (Å²) in [5.41, 5.74) is 0.952. The molecule has 2 aromatic rings. The number of ether oxygens (including phenoxy) is 1. The van der Waals surface area contributed by atoms with Crippen molar-refractivity contribution in [3.8, 4) is 5.75 Å². The molecule has 1 amide bonds. The van der Waals surface area contributed by atoms with Crippen molar-refractivity contribution in [3.63, 3.8) is 0 Å². The maximum Gasteiger partial charge on any atom is 0.260 e. The van der Waals surface area contributed by atoms with Crippen LogP contribution in [0.4, 0.5) is 0 Å². The van der Waals surface area contributed by atoms with Crippen LogP contribution in [0, 0.1) is 0 Å². The highest BCUT2D eigenvalue weighted by atomic mass is 16.5. The normalized spacial score (nSPS) is 18.0. The summed E-state index contributed by atoms with van der Waals surface area (Å²) >= 11 is 0. The van der Waals surface area contributed by atoms with Gasteiger partial charge in [-0.25, -0.2) is 0 Å². The summed E-state index contributed by atoms with van der Waals surface area (Å²) in [7, 11) is 0. The van der Waals surface area contributed by atoms with Crippen LogP contribution in [-0.2, 0) is 4.79 Å². The lowest BCUT2D eigenvalue weighted by Gasteiger charge is -2.32. The van der Waals surface area contributed by atoms with Crippen LogP contribution in [0.1, 0.15) is 24.5 Å². The zero-order valence-corrected chi connectivity index (χ0v) is 12.3. The van der Waals surface area contributed by atoms with Crippen LogP contribution in [-0.4, -0.2) is 45.5 Å². The van der Waals surface area contributed by atoms with Gasteiger partial charge in [0, 0.05) is 43.8 Å². The molecule has 3 rings (SSSR count). The van der Waals surface area contributed by atoms with Gasteiger partial charge in [0.25, 0.3) is 5.91 Å². The molecule has 2 aromatic heterocycles. The standard InChI is InChI=1S/C16H18N4O2/c21-16(12-22-14-4-1-5-17-9-14)20-8-2-3-13(11-20)15-10-18-6-7-19-15/h1,4-7,9-10,13H,2-3,8,11-12H2/t13-/m0/s1. The zero-order chi connectivity index (χ0) is 15.2. The molecule has 1 saturated heterocycles. The van der Waals surface area contributed by atoms with Crippen molar-refractivity contribution in [2.45, 2.75) is 18.8 Å². The van der Waals surface area contributed by atoms with Crippen LogP contribution < -0.4 is 4.74 Å². The molecule has 0 bridgehead atoms. The van der Waals surface area contributed by atoms with Crippen molar-refractivity contribution in [1.82, 2.24) is 19.9 Å². The van der Waals surface area contributed by atoms with E-state index in [0.717, 1.165) is 25.1 Å². The van der Waals surface area contributed by atoms with E-state index in [0.29, 0.717) is 12.3 Å². The number of rotatable bonds is 4. The van der Waals surface area contributed by atoms with E-state index in [2.05, 4.69) is 15.0 Å². The summed E-state index contributed by atoms with van der Waals surface area (Å²) < 4.78 is 5.48. The van der Waals surface area contributed by atoms with Crippen LogP contribution in [0.3, 0.4) is 0 Å². The minimum absolute atomic E-state index is 0.00237. The molecule has 0 aromatic carbocycles. The van der Waals surface area contributed by atoms with Gasteiger partial charge < -0.3 is 9.64 Å². The third kappa shape index (κ3) is 3.58. The Morgan fingerprint density at radius 2 is 2.18 bits per heavy atom. The first-order valence-electron chi connectivity index (χ1n) is 7.39. The number of hydrogen-bond donors (Lipinski definition) is 0. The summed E-state index contributed by atoms with van der Waals surface area (Å²) in [6.45, 7) is 1.48. The summed E-state index contributed by atoms with van der Waals surface area (Å²) in [4.78, 5) is 26.6. The van der Waals surface area contributed by atoms with Crippen molar-refractivity contribution in [2.75, 3.05) is 19.7 Å². The predicted octanol–water partition coefficient (Wildman–Crippen LogP) is 1.66. The Morgan fingerprint density at radius 3 is 2.95 bits per heavy atom. The summed E-state index contributed by atoms with van der Waals surface area (Å²) in [5.74, 6) is 0.862. The number of amides is 1. The predicted molar refractivity (Wildman–Crippen MR) is 80.3 cm³/mol. The third-order valence-electron chi connectivity index (χ3n) is 3.77. The second-order valence-electron chi connectivity index (χ2n) is 5.29. The van der Waals surface area contributed by atoms with Crippen molar-refractivity contribution >= 4 is 5.91 Å². The molecule has 1 fully saturated rings. The molecule has 1 aliphatic rings. The molecule has 0 spiro atoms. The topological polar surface area (TPSA) is 68.2 Å². The maximum atomic E-state index is 12.3. The fraction of sp³-hybridized carbons (Fsp3) is 0.375.